The third-order valence-corrected chi connectivity index (χ3v) is 6.24. The number of rotatable bonds is 5. The van der Waals surface area contributed by atoms with E-state index in [2.05, 4.69) is 33.9 Å². The van der Waals surface area contributed by atoms with Gasteiger partial charge in [0.2, 0.25) is 5.91 Å². The van der Waals surface area contributed by atoms with Crippen LogP contribution in [-0.4, -0.2) is 17.4 Å². The van der Waals surface area contributed by atoms with E-state index in [1.54, 1.807) is 22.7 Å². The zero-order valence-corrected chi connectivity index (χ0v) is 14.7. The average molecular weight is 345 g/mol. The summed E-state index contributed by atoms with van der Waals surface area (Å²) in [5.74, 6) is -0.0931. The average Bonchev–Trinajstić information content (AvgIpc) is 3.27. The predicted molar refractivity (Wildman–Crippen MR) is 93.4 cm³/mol. The van der Waals surface area contributed by atoms with Crippen molar-refractivity contribution in [3.8, 4) is 16.6 Å². The van der Waals surface area contributed by atoms with Crippen molar-refractivity contribution in [3.63, 3.8) is 0 Å². The van der Waals surface area contributed by atoms with Gasteiger partial charge in [-0.25, -0.2) is 4.98 Å². The van der Waals surface area contributed by atoms with Crippen molar-refractivity contribution in [1.82, 2.24) is 10.3 Å². The first-order valence-corrected chi connectivity index (χ1v) is 9.53. The smallest absolute Gasteiger partial charge is 0.240 e. The summed E-state index contributed by atoms with van der Waals surface area (Å²) in [7, 11) is 0. The normalized spacial score (nSPS) is 16.2. The van der Waals surface area contributed by atoms with Crippen LogP contribution in [0.2, 0.25) is 0 Å². The number of thiazole rings is 1. The third-order valence-electron chi connectivity index (χ3n) is 4.30. The summed E-state index contributed by atoms with van der Waals surface area (Å²) in [5.41, 5.74) is 0.251. The molecular weight excluding hydrogens is 326 g/mol. The molecule has 1 fully saturated rings. The molecule has 1 aliphatic rings. The summed E-state index contributed by atoms with van der Waals surface area (Å²) in [4.78, 5) is 19.2. The Labute approximate surface area is 144 Å². The summed E-state index contributed by atoms with van der Waals surface area (Å²) in [6.45, 7) is 2.59. The molecule has 0 spiro atoms. The first kappa shape index (κ1) is 16.2. The fourth-order valence-electron chi connectivity index (χ4n) is 2.96. The first-order chi connectivity index (χ1) is 11.1. The Morgan fingerprint density at radius 2 is 2.22 bits per heavy atom. The molecule has 1 amide bonds. The minimum absolute atomic E-state index is 0.0931. The number of aromatic nitrogens is 1. The Morgan fingerprint density at radius 1 is 1.43 bits per heavy atom. The van der Waals surface area contributed by atoms with E-state index in [0.29, 0.717) is 19.4 Å². The minimum Gasteiger partial charge on any atom is -0.354 e. The zero-order valence-electron chi connectivity index (χ0n) is 13.1. The summed E-state index contributed by atoms with van der Waals surface area (Å²) < 4.78 is 0. The first-order valence-electron chi connectivity index (χ1n) is 7.84. The summed E-state index contributed by atoms with van der Waals surface area (Å²) in [5, 5.41) is 15.4. The van der Waals surface area contributed by atoms with Gasteiger partial charge in [-0.05, 0) is 38.3 Å². The predicted octanol–water partition coefficient (Wildman–Crippen LogP) is 3.92. The second-order valence-electron chi connectivity index (χ2n) is 5.92. The molecule has 1 saturated carbocycles. The molecule has 23 heavy (non-hydrogen) atoms. The highest BCUT2D eigenvalue weighted by Crippen LogP contribution is 2.37. The number of amides is 1. The molecule has 0 unspecified atom stereocenters. The van der Waals surface area contributed by atoms with Crippen LogP contribution in [0.1, 0.15) is 35.6 Å². The van der Waals surface area contributed by atoms with Crippen molar-refractivity contribution < 1.29 is 4.79 Å². The SMILES string of the molecule is Cc1nc(-c2ccc(CCNC(=O)C3(C#N)CCCC3)s2)cs1. The lowest BCUT2D eigenvalue weighted by atomic mass is 9.87. The molecule has 3 rings (SSSR count). The van der Waals surface area contributed by atoms with E-state index in [4.69, 9.17) is 0 Å². The fourth-order valence-corrected chi connectivity index (χ4v) is 4.62. The van der Waals surface area contributed by atoms with Crippen molar-refractivity contribution in [2.45, 2.75) is 39.0 Å². The number of carbonyl (C=O) groups is 1. The van der Waals surface area contributed by atoms with Gasteiger partial charge in [-0.15, -0.1) is 22.7 Å². The molecule has 1 N–H and O–H groups in total. The lowest BCUT2D eigenvalue weighted by molar-refractivity contribution is -0.127. The molecule has 0 aliphatic heterocycles. The number of carbonyl (C=O) groups excluding carboxylic acids is 1. The molecule has 0 aromatic carbocycles. The molecule has 120 valence electrons. The molecule has 2 aromatic rings. The Bertz CT molecular complexity index is 735. The van der Waals surface area contributed by atoms with Gasteiger partial charge < -0.3 is 5.32 Å². The lowest BCUT2D eigenvalue weighted by Crippen LogP contribution is -2.39. The van der Waals surface area contributed by atoms with Crippen molar-refractivity contribution in [1.29, 1.82) is 5.26 Å². The van der Waals surface area contributed by atoms with Gasteiger partial charge in [-0.2, -0.15) is 5.26 Å². The van der Waals surface area contributed by atoms with Crippen LogP contribution in [0.4, 0.5) is 0 Å². The second kappa shape index (κ2) is 6.81. The van der Waals surface area contributed by atoms with Crippen LogP contribution in [0.15, 0.2) is 17.5 Å². The highest BCUT2D eigenvalue weighted by Gasteiger charge is 2.41. The Balaban J connectivity index is 1.54. The maximum atomic E-state index is 12.3. The Morgan fingerprint density at radius 3 is 2.87 bits per heavy atom. The number of hydrogen-bond acceptors (Lipinski definition) is 5. The van der Waals surface area contributed by atoms with Crippen molar-refractivity contribution in [2.75, 3.05) is 6.54 Å². The largest absolute Gasteiger partial charge is 0.354 e. The maximum absolute atomic E-state index is 12.3. The summed E-state index contributed by atoms with van der Waals surface area (Å²) >= 11 is 3.37. The van der Waals surface area contributed by atoms with Crippen molar-refractivity contribution in [2.24, 2.45) is 5.41 Å². The van der Waals surface area contributed by atoms with Crippen LogP contribution in [0, 0.1) is 23.7 Å². The van der Waals surface area contributed by atoms with Gasteiger partial charge in [-0.3, -0.25) is 4.79 Å². The highest BCUT2D eigenvalue weighted by molar-refractivity contribution is 7.16. The molecule has 0 saturated heterocycles. The number of nitrogens with zero attached hydrogens (tertiary/aromatic N) is 2. The molecule has 6 heteroatoms. The van der Waals surface area contributed by atoms with Crippen LogP contribution in [0.25, 0.3) is 10.6 Å². The molecule has 0 atom stereocenters. The van der Waals surface area contributed by atoms with Crippen LogP contribution in [0.3, 0.4) is 0 Å². The monoisotopic (exact) mass is 345 g/mol. The number of hydrogen-bond donors (Lipinski definition) is 1. The van der Waals surface area contributed by atoms with Gasteiger partial charge in [0.05, 0.1) is 21.6 Å². The van der Waals surface area contributed by atoms with Crippen LogP contribution >= 0.6 is 22.7 Å². The maximum Gasteiger partial charge on any atom is 0.240 e. The van der Waals surface area contributed by atoms with E-state index >= 15 is 0 Å². The van der Waals surface area contributed by atoms with E-state index in [1.165, 1.54) is 9.75 Å². The summed E-state index contributed by atoms with van der Waals surface area (Å²) in [6.07, 6.45) is 4.13. The van der Waals surface area contributed by atoms with E-state index in [-0.39, 0.29) is 5.91 Å². The molecule has 1 aliphatic carbocycles. The molecule has 4 nitrogen and oxygen atoms in total. The molecule has 2 heterocycles. The number of aryl methyl sites for hydroxylation is 1. The third kappa shape index (κ3) is 3.46. The van der Waals surface area contributed by atoms with Crippen LogP contribution in [-0.2, 0) is 11.2 Å². The molecule has 0 radical (unpaired) electrons. The molecule has 2 aromatic heterocycles. The Kier molecular flexibility index (Phi) is 4.79. The van der Waals surface area contributed by atoms with Crippen LogP contribution < -0.4 is 5.32 Å². The van der Waals surface area contributed by atoms with Gasteiger partial charge >= 0.3 is 0 Å². The van der Waals surface area contributed by atoms with Gasteiger partial charge in [-0.1, -0.05) is 12.8 Å². The number of thiophene rings is 1. The molecular formula is C17H19N3OS2. The van der Waals surface area contributed by atoms with Gasteiger partial charge in [0.15, 0.2) is 0 Å². The van der Waals surface area contributed by atoms with E-state index < -0.39 is 5.41 Å². The second-order valence-corrected chi connectivity index (χ2v) is 8.16. The molecule has 0 bridgehead atoms. The van der Waals surface area contributed by atoms with E-state index in [1.807, 2.05) is 6.92 Å². The standard InChI is InChI=1S/C17H19N3OS2/c1-12-20-14(10-22-12)15-5-4-13(23-15)6-9-19-16(21)17(11-18)7-2-3-8-17/h4-5,10H,2-3,6-9H2,1H3,(H,19,21). The van der Waals surface area contributed by atoms with Crippen molar-refractivity contribution >= 4 is 28.6 Å². The number of nitrogens with one attached hydrogen (secondary N) is 1. The summed E-state index contributed by atoms with van der Waals surface area (Å²) in [6, 6.07) is 6.42. The highest BCUT2D eigenvalue weighted by atomic mass is 32.1. The zero-order chi connectivity index (χ0) is 16.3. The van der Waals surface area contributed by atoms with Crippen molar-refractivity contribution in [3.05, 3.63) is 27.4 Å². The minimum atomic E-state index is -0.779. The van der Waals surface area contributed by atoms with E-state index in [9.17, 15) is 10.1 Å². The fraction of sp³-hybridized carbons (Fsp3) is 0.471. The Hall–Kier alpha value is -1.71. The van der Waals surface area contributed by atoms with Gasteiger partial charge in [0, 0.05) is 16.8 Å². The topological polar surface area (TPSA) is 65.8 Å². The van der Waals surface area contributed by atoms with Gasteiger partial charge in [0.25, 0.3) is 0 Å². The lowest BCUT2D eigenvalue weighted by Gasteiger charge is -2.18. The van der Waals surface area contributed by atoms with Gasteiger partial charge in [0.1, 0.15) is 5.41 Å². The quantitative estimate of drug-likeness (QED) is 0.893. The number of nitriles is 1. The van der Waals surface area contributed by atoms with Crippen LogP contribution in [0.5, 0.6) is 0 Å². The van der Waals surface area contributed by atoms with E-state index in [0.717, 1.165) is 30.0 Å².